The van der Waals surface area contributed by atoms with Crippen molar-refractivity contribution in [2.24, 2.45) is 0 Å². The van der Waals surface area contributed by atoms with E-state index in [0.717, 1.165) is 47.2 Å². The highest BCUT2D eigenvalue weighted by atomic mass is 33.1. The lowest BCUT2D eigenvalue weighted by atomic mass is 9.98. The quantitative estimate of drug-likeness (QED) is 0.219. The van der Waals surface area contributed by atoms with E-state index in [0.29, 0.717) is 0 Å². The number of rotatable bonds is 7. The predicted octanol–water partition coefficient (Wildman–Crippen LogP) is 4.31. The van der Waals surface area contributed by atoms with Crippen molar-refractivity contribution in [1.82, 2.24) is 10.2 Å². The maximum Gasteiger partial charge on any atom is 0.285 e. The molecule has 0 fully saturated rings. The Kier molecular flexibility index (Phi) is 5.84. The van der Waals surface area contributed by atoms with Gasteiger partial charge in [0, 0.05) is 17.7 Å². The zero-order valence-electron chi connectivity index (χ0n) is 14.8. The number of H-pyrrole nitrogens is 1. The highest BCUT2D eigenvalue weighted by Gasteiger charge is 2.30. The molecule has 0 saturated carbocycles. The van der Waals surface area contributed by atoms with E-state index in [1.807, 2.05) is 0 Å². The van der Waals surface area contributed by atoms with Crippen molar-refractivity contribution in [2.45, 2.75) is 5.03 Å². The first kappa shape index (κ1) is 21.7. The van der Waals surface area contributed by atoms with Crippen LogP contribution in [0.4, 0.5) is 22.7 Å². The maximum atomic E-state index is 11.6. The number of aromatic amines is 1. The molecule has 0 unspecified atom stereocenters. The Balaban J connectivity index is 2.34. The van der Waals surface area contributed by atoms with Crippen molar-refractivity contribution >= 4 is 45.2 Å². The van der Waals surface area contributed by atoms with Gasteiger partial charge in [0.2, 0.25) is 0 Å². The first-order valence-corrected chi connectivity index (χ1v) is 9.78. The van der Waals surface area contributed by atoms with Crippen LogP contribution in [0, 0.1) is 40.5 Å². The fourth-order valence-corrected chi connectivity index (χ4v) is 3.61. The second-order valence-electron chi connectivity index (χ2n) is 5.80. The molecule has 0 aliphatic heterocycles. The standard InChI is InChI=1S/C15H8N6O8S2/c22-18(23)7-1-3-9(11(5-7)20(26)27)13-14(16-17-15(13)31-30)10-4-2-8(19(24)25)6-12(10)21(28)29/h1-6,30H,(H,16,17). The lowest BCUT2D eigenvalue weighted by Crippen LogP contribution is -1.98. The largest absolute Gasteiger partial charge is 0.285 e. The maximum absolute atomic E-state index is 11.6. The second kappa shape index (κ2) is 8.36. The minimum absolute atomic E-state index is 0.0264. The van der Waals surface area contributed by atoms with E-state index in [-0.39, 0.29) is 27.4 Å². The normalized spacial score (nSPS) is 10.6. The third-order valence-electron chi connectivity index (χ3n) is 4.14. The fourth-order valence-electron chi connectivity index (χ4n) is 2.83. The average Bonchev–Trinajstić information content (AvgIpc) is 3.16. The summed E-state index contributed by atoms with van der Waals surface area (Å²) in [6.45, 7) is 0. The number of nitrogens with zero attached hydrogens (tertiary/aromatic N) is 5. The van der Waals surface area contributed by atoms with E-state index >= 15 is 0 Å². The van der Waals surface area contributed by atoms with Gasteiger partial charge in [-0.05, 0) is 22.9 Å². The molecule has 0 amide bonds. The van der Waals surface area contributed by atoms with E-state index in [4.69, 9.17) is 0 Å². The Bertz CT molecular complexity index is 1260. The molecule has 0 aliphatic rings. The Morgan fingerprint density at radius 3 is 1.71 bits per heavy atom. The first-order chi connectivity index (χ1) is 14.6. The zero-order valence-corrected chi connectivity index (χ0v) is 16.5. The number of thiol groups is 1. The lowest BCUT2D eigenvalue weighted by molar-refractivity contribution is -0.394. The van der Waals surface area contributed by atoms with Crippen LogP contribution in [0.5, 0.6) is 0 Å². The molecule has 1 heterocycles. The number of nitro groups is 4. The van der Waals surface area contributed by atoms with E-state index < -0.39 is 42.4 Å². The van der Waals surface area contributed by atoms with Gasteiger partial charge in [-0.3, -0.25) is 45.6 Å². The SMILES string of the molecule is O=[N+]([O-])c1ccc(-c2[nH]nc(SS)c2-c2ccc([N+](=O)[O-])cc2[N+](=O)[O-])c([N+](=O)[O-])c1. The summed E-state index contributed by atoms with van der Waals surface area (Å²) in [5, 5.41) is 51.7. The van der Waals surface area contributed by atoms with Gasteiger partial charge in [0.15, 0.2) is 0 Å². The van der Waals surface area contributed by atoms with Crippen molar-refractivity contribution in [3.63, 3.8) is 0 Å². The predicted molar refractivity (Wildman–Crippen MR) is 111 cm³/mol. The number of nitro benzene ring substituents is 4. The van der Waals surface area contributed by atoms with Gasteiger partial charge in [-0.25, -0.2) is 0 Å². The summed E-state index contributed by atoms with van der Waals surface area (Å²) in [6, 6.07) is 5.80. The summed E-state index contributed by atoms with van der Waals surface area (Å²) in [5.74, 6) is 0. The molecule has 0 spiro atoms. The van der Waals surface area contributed by atoms with Crippen LogP contribution < -0.4 is 0 Å². The highest BCUT2D eigenvalue weighted by molar-refractivity contribution is 8.68. The molecular formula is C15H8N6O8S2. The molecular weight excluding hydrogens is 456 g/mol. The number of non-ortho nitro benzene ring substituents is 2. The van der Waals surface area contributed by atoms with Crippen molar-refractivity contribution in [3.8, 4) is 22.4 Å². The van der Waals surface area contributed by atoms with Crippen LogP contribution in [-0.2, 0) is 0 Å². The fraction of sp³-hybridized carbons (Fsp3) is 0. The van der Waals surface area contributed by atoms with Gasteiger partial charge in [-0.2, -0.15) is 5.10 Å². The van der Waals surface area contributed by atoms with Gasteiger partial charge >= 0.3 is 0 Å². The molecule has 3 rings (SSSR count). The molecule has 14 nitrogen and oxygen atoms in total. The summed E-state index contributed by atoms with van der Waals surface area (Å²) < 4.78 is 0. The number of benzene rings is 2. The Labute approximate surface area is 179 Å². The molecule has 0 atom stereocenters. The van der Waals surface area contributed by atoms with E-state index in [2.05, 4.69) is 21.9 Å². The molecule has 0 aliphatic carbocycles. The van der Waals surface area contributed by atoms with Gasteiger partial charge in [0.25, 0.3) is 22.7 Å². The Hall–Kier alpha value is -4.05. The third-order valence-corrected chi connectivity index (χ3v) is 5.12. The molecule has 2 aromatic carbocycles. The smallest absolute Gasteiger partial charge is 0.276 e. The molecule has 0 radical (unpaired) electrons. The van der Waals surface area contributed by atoms with Gasteiger partial charge in [0.05, 0.1) is 48.6 Å². The molecule has 31 heavy (non-hydrogen) atoms. The zero-order chi connectivity index (χ0) is 22.9. The Morgan fingerprint density at radius 1 is 0.774 bits per heavy atom. The molecule has 3 aromatic rings. The van der Waals surface area contributed by atoms with Crippen LogP contribution in [0.3, 0.4) is 0 Å². The lowest BCUT2D eigenvalue weighted by Gasteiger charge is -2.07. The van der Waals surface area contributed by atoms with Crippen LogP contribution in [-0.4, -0.2) is 29.9 Å². The molecule has 158 valence electrons. The third kappa shape index (κ3) is 4.01. The summed E-state index contributed by atoms with van der Waals surface area (Å²) in [6.07, 6.45) is 0. The highest BCUT2D eigenvalue weighted by Crippen LogP contribution is 2.45. The van der Waals surface area contributed by atoms with Gasteiger partial charge in [-0.1, -0.05) is 0 Å². The Morgan fingerprint density at radius 2 is 1.26 bits per heavy atom. The van der Waals surface area contributed by atoms with E-state index in [1.54, 1.807) is 0 Å². The molecule has 0 saturated heterocycles. The number of aromatic nitrogens is 2. The number of hydrogen-bond acceptors (Lipinski definition) is 11. The summed E-state index contributed by atoms with van der Waals surface area (Å²) in [5.41, 5.74) is -2.58. The van der Waals surface area contributed by atoms with Gasteiger partial charge in [0.1, 0.15) is 5.03 Å². The van der Waals surface area contributed by atoms with Crippen molar-refractivity contribution in [2.75, 3.05) is 0 Å². The van der Waals surface area contributed by atoms with Gasteiger partial charge in [-0.15, -0.1) is 11.7 Å². The van der Waals surface area contributed by atoms with Crippen LogP contribution in [0.1, 0.15) is 0 Å². The van der Waals surface area contributed by atoms with Crippen molar-refractivity contribution < 1.29 is 19.7 Å². The second-order valence-corrected chi connectivity index (χ2v) is 6.92. The van der Waals surface area contributed by atoms with Gasteiger partial charge < -0.3 is 0 Å². The van der Waals surface area contributed by atoms with Crippen LogP contribution >= 0.6 is 22.5 Å². The van der Waals surface area contributed by atoms with Crippen molar-refractivity contribution in [1.29, 1.82) is 0 Å². The van der Waals surface area contributed by atoms with Crippen LogP contribution in [0.25, 0.3) is 22.4 Å². The topological polar surface area (TPSA) is 201 Å². The first-order valence-electron chi connectivity index (χ1n) is 7.92. The summed E-state index contributed by atoms with van der Waals surface area (Å²) in [7, 11) is 0.777. The average molecular weight is 464 g/mol. The summed E-state index contributed by atoms with van der Waals surface area (Å²) in [4.78, 5) is 41.8. The van der Waals surface area contributed by atoms with Crippen LogP contribution in [0.2, 0.25) is 0 Å². The number of nitrogens with one attached hydrogen (secondary N) is 1. The van der Waals surface area contributed by atoms with Crippen LogP contribution in [0.15, 0.2) is 41.4 Å². The van der Waals surface area contributed by atoms with E-state index in [9.17, 15) is 40.5 Å². The minimum Gasteiger partial charge on any atom is -0.276 e. The molecule has 16 heteroatoms. The number of hydrogen-bond donors (Lipinski definition) is 2. The minimum atomic E-state index is -0.843. The molecule has 1 N–H and O–H groups in total. The summed E-state index contributed by atoms with van der Waals surface area (Å²) >= 11 is 4.04. The monoisotopic (exact) mass is 464 g/mol. The van der Waals surface area contributed by atoms with Crippen molar-refractivity contribution in [3.05, 3.63) is 76.9 Å². The molecule has 1 aromatic heterocycles. The van der Waals surface area contributed by atoms with E-state index in [1.165, 1.54) is 0 Å². The molecule has 0 bridgehead atoms.